The van der Waals surface area contributed by atoms with Crippen molar-refractivity contribution in [1.29, 1.82) is 0 Å². The van der Waals surface area contributed by atoms with Crippen LogP contribution in [0.2, 0.25) is 0 Å². The number of anilines is 1. The fourth-order valence-corrected chi connectivity index (χ4v) is 1.98. The lowest BCUT2D eigenvalue weighted by molar-refractivity contribution is 0.365. The summed E-state index contributed by atoms with van der Waals surface area (Å²) in [5.74, 6) is 1.44. The van der Waals surface area contributed by atoms with Crippen LogP contribution in [-0.4, -0.2) is 21.2 Å². The molecule has 100 valence electrons. The maximum absolute atomic E-state index is 5.70. The van der Waals surface area contributed by atoms with Crippen molar-refractivity contribution in [2.45, 2.75) is 0 Å². The summed E-state index contributed by atoms with van der Waals surface area (Å²) in [4.78, 5) is 0. The van der Waals surface area contributed by atoms with Crippen LogP contribution in [0, 0.1) is 0 Å². The molecule has 0 saturated heterocycles. The summed E-state index contributed by atoms with van der Waals surface area (Å²) in [6.45, 7) is 4.07. The van der Waals surface area contributed by atoms with E-state index in [9.17, 15) is 0 Å². The van der Waals surface area contributed by atoms with E-state index in [4.69, 9.17) is 10.5 Å². The largest absolute Gasteiger partial charge is 0.486 e. The molecule has 0 aliphatic heterocycles. The zero-order chi connectivity index (χ0) is 13.9. The fourth-order valence-electron chi connectivity index (χ4n) is 1.98. The van der Waals surface area contributed by atoms with E-state index < -0.39 is 0 Å². The summed E-state index contributed by atoms with van der Waals surface area (Å²) in [7, 11) is 0. The molecule has 1 aromatic carbocycles. The van der Waals surface area contributed by atoms with Gasteiger partial charge in [0.05, 0.1) is 0 Å². The van der Waals surface area contributed by atoms with E-state index >= 15 is 0 Å². The Morgan fingerprint density at radius 2 is 2.00 bits per heavy atom. The highest BCUT2D eigenvalue weighted by Gasteiger charge is 2.11. The van der Waals surface area contributed by atoms with Crippen LogP contribution in [0.25, 0.3) is 17.0 Å². The lowest BCUT2D eigenvalue weighted by Crippen LogP contribution is -1.96. The van der Waals surface area contributed by atoms with Crippen molar-refractivity contribution in [3.8, 4) is 17.1 Å². The molecule has 0 spiro atoms. The molecule has 0 bridgehead atoms. The predicted octanol–water partition coefficient (Wildman–Crippen LogP) is 2.54. The van der Waals surface area contributed by atoms with E-state index in [1.807, 2.05) is 47.0 Å². The van der Waals surface area contributed by atoms with Crippen molar-refractivity contribution < 1.29 is 4.74 Å². The average Bonchev–Trinajstić information content (AvgIpc) is 2.90. The van der Waals surface area contributed by atoms with E-state index in [1.165, 1.54) is 0 Å². The summed E-state index contributed by atoms with van der Waals surface area (Å²) in [6, 6.07) is 11.3. The first-order valence-electron chi connectivity index (χ1n) is 6.23. The molecule has 0 unspecified atom stereocenters. The second-order valence-corrected chi connectivity index (χ2v) is 4.31. The van der Waals surface area contributed by atoms with Crippen LogP contribution in [0.3, 0.4) is 0 Å². The topological polar surface area (TPSA) is 65.4 Å². The van der Waals surface area contributed by atoms with Crippen LogP contribution in [0.5, 0.6) is 5.75 Å². The molecular weight excluding hydrogens is 252 g/mol. The van der Waals surface area contributed by atoms with Gasteiger partial charge >= 0.3 is 0 Å². The normalized spacial score (nSPS) is 10.6. The molecule has 5 nitrogen and oxygen atoms in total. The monoisotopic (exact) mass is 266 g/mol. The predicted molar refractivity (Wildman–Crippen MR) is 78.5 cm³/mol. The van der Waals surface area contributed by atoms with Crippen molar-refractivity contribution in [2.75, 3.05) is 12.3 Å². The van der Waals surface area contributed by atoms with Crippen molar-refractivity contribution >= 4 is 11.3 Å². The lowest BCUT2D eigenvalue weighted by Gasteiger charge is -2.05. The molecule has 0 fully saturated rings. The van der Waals surface area contributed by atoms with Crippen LogP contribution in [0.4, 0.5) is 5.69 Å². The minimum Gasteiger partial charge on any atom is -0.486 e. The van der Waals surface area contributed by atoms with Crippen molar-refractivity contribution in [2.24, 2.45) is 0 Å². The molecule has 20 heavy (non-hydrogen) atoms. The van der Waals surface area contributed by atoms with E-state index in [-0.39, 0.29) is 0 Å². The molecule has 3 rings (SSSR count). The minimum absolute atomic E-state index is 0.434. The van der Waals surface area contributed by atoms with Gasteiger partial charge < -0.3 is 10.5 Å². The Morgan fingerprint density at radius 1 is 1.20 bits per heavy atom. The van der Waals surface area contributed by atoms with Gasteiger partial charge in [-0.3, -0.25) is 4.40 Å². The number of rotatable bonds is 4. The van der Waals surface area contributed by atoms with Crippen LogP contribution in [-0.2, 0) is 0 Å². The summed E-state index contributed by atoms with van der Waals surface area (Å²) in [6.07, 6.45) is 3.60. The van der Waals surface area contributed by atoms with Crippen LogP contribution < -0.4 is 10.5 Å². The summed E-state index contributed by atoms with van der Waals surface area (Å²) in [5, 5.41) is 8.42. The van der Waals surface area contributed by atoms with Crippen molar-refractivity contribution in [3.05, 3.63) is 55.3 Å². The number of hydrogen-bond acceptors (Lipinski definition) is 4. The highest BCUT2D eigenvalue weighted by molar-refractivity contribution is 5.64. The van der Waals surface area contributed by atoms with Gasteiger partial charge in [-0.1, -0.05) is 12.7 Å². The fraction of sp³-hybridized carbons (Fsp3) is 0.0667. The van der Waals surface area contributed by atoms with Crippen LogP contribution in [0.15, 0.2) is 55.3 Å². The number of nitrogens with zero attached hydrogens (tertiary/aromatic N) is 3. The van der Waals surface area contributed by atoms with Gasteiger partial charge in [0.1, 0.15) is 6.61 Å². The zero-order valence-electron chi connectivity index (χ0n) is 10.9. The number of nitrogens with two attached hydrogens (primary N) is 1. The van der Waals surface area contributed by atoms with Gasteiger partial charge in [0, 0.05) is 17.4 Å². The second-order valence-electron chi connectivity index (χ2n) is 4.31. The zero-order valence-corrected chi connectivity index (χ0v) is 10.9. The van der Waals surface area contributed by atoms with E-state index in [1.54, 1.807) is 6.08 Å². The molecule has 0 saturated carbocycles. The molecule has 2 aromatic heterocycles. The number of pyridine rings is 1. The molecule has 0 aliphatic carbocycles. The van der Waals surface area contributed by atoms with Gasteiger partial charge in [0.15, 0.2) is 11.6 Å². The second kappa shape index (κ2) is 5.05. The number of ether oxygens (including phenoxy) is 1. The van der Waals surface area contributed by atoms with E-state index in [0.717, 1.165) is 17.1 Å². The third-order valence-corrected chi connectivity index (χ3v) is 2.92. The Bertz CT molecular complexity index is 746. The number of aromatic nitrogens is 3. The number of nitrogen functional groups attached to an aromatic ring is 1. The summed E-state index contributed by atoms with van der Waals surface area (Å²) < 4.78 is 7.47. The first-order chi connectivity index (χ1) is 9.79. The maximum atomic E-state index is 5.70. The Labute approximate surface area is 116 Å². The molecule has 3 aromatic rings. The lowest BCUT2D eigenvalue weighted by atomic mass is 10.2. The molecule has 2 heterocycles. The van der Waals surface area contributed by atoms with Crippen LogP contribution in [0.1, 0.15) is 0 Å². The Balaban J connectivity index is 2.09. The quantitative estimate of drug-likeness (QED) is 0.582. The Morgan fingerprint density at radius 3 is 2.75 bits per heavy atom. The maximum Gasteiger partial charge on any atom is 0.203 e. The standard InChI is InChI=1S/C15H14N4O/c1-2-10-20-13-4-3-9-19-14(17-18-15(13)19)11-5-7-12(16)8-6-11/h2-9H,1,10,16H2. The van der Waals surface area contributed by atoms with Crippen molar-refractivity contribution in [3.63, 3.8) is 0 Å². The molecule has 0 atom stereocenters. The van der Waals surface area contributed by atoms with E-state index in [0.29, 0.717) is 18.0 Å². The Hall–Kier alpha value is -2.82. The average molecular weight is 266 g/mol. The van der Waals surface area contributed by atoms with Gasteiger partial charge in [-0.25, -0.2) is 0 Å². The molecule has 5 heteroatoms. The number of hydrogen-bond donors (Lipinski definition) is 1. The highest BCUT2D eigenvalue weighted by Crippen LogP contribution is 2.24. The molecule has 0 aliphatic rings. The van der Waals surface area contributed by atoms with Gasteiger partial charge in [-0.15, -0.1) is 10.2 Å². The summed E-state index contributed by atoms with van der Waals surface area (Å²) in [5.41, 5.74) is 8.05. The SMILES string of the molecule is C=CCOc1cccn2c(-c3ccc(N)cc3)nnc12. The van der Waals surface area contributed by atoms with Gasteiger partial charge in [0.25, 0.3) is 0 Å². The van der Waals surface area contributed by atoms with Gasteiger partial charge in [0.2, 0.25) is 5.65 Å². The third kappa shape index (κ3) is 2.09. The summed E-state index contributed by atoms with van der Waals surface area (Å²) >= 11 is 0. The first-order valence-corrected chi connectivity index (χ1v) is 6.23. The molecule has 0 radical (unpaired) electrons. The number of benzene rings is 1. The molecule has 0 amide bonds. The third-order valence-electron chi connectivity index (χ3n) is 2.92. The Kier molecular flexibility index (Phi) is 3.09. The molecular formula is C15H14N4O. The first kappa shape index (κ1) is 12.2. The van der Waals surface area contributed by atoms with E-state index in [2.05, 4.69) is 16.8 Å². The molecule has 2 N–H and O–H groups in total. The van der Waals surface area contributed by atoms with Gasteiger partial charge in [-0.2, -0.15) is 0 Å². The van der Waals surface area contributed by atoms with Crippen molar-refractivity contribution in [1.82, 2.24) is 14.6 Å². The van der Waals surface area contributed by atoms with Gasteiger partial charge in [-0.05, 0) is 36.4 Å². The van der Waals surface area contributed by atoms with Crippen LogP contribution >= 0.6 is 0 Å². The minimum atomic E-state index is 0.434. The smallest absolute Gasteiger partial charge is 0.203 e. The number of fused-ring (bicyclic) bond motifs is 1. The highest BCUT2D eigenvalue weighted by atomic mass is 16.5.